The van der Waals surface area contributed by atoms with Crippen LogP contribution in [0.3, 0.4) is 0 Å². The number of carbonyl (C=O) groups is 1. The van der Waals surface area contributed by atoms with Crippen molar-refractivity contribution in [1.29, 1.82) is 0 Å². The molecule has 3 rings (SSSR count). The predicted molar refractivity (Wildman–Crippen MR) is 113 cm³/mol. The van der Waals surface area contributed by atoms with Crippen molar-refractivity contribution in [2.24, 2.45) is 0 Å². The van der Waals surface area contributed by atoms with Crippen LogP contribution in [-0.4, -0.2) is 30.1 Å². The van der Waals surface area contributed by atoms with Crippen molar-refractivity contribution in [3.63, 3.8) is 0 Å². The fraction of sp³-hybridized carbons (Fsp3) is 0.227. The van der Waals surface area contributed by atoms with Gasteiger partial charge in [-0.1, -0.05) is 25.1 Å². The summed E-state index contributed by atoms with van der Waals surface area (Å²) in [7, 11) is 3.15. The summed E-state index contributed by atoms with van der Waals surface area (Å²) in [5.74, 6) is 1.25. The van der Waals surface area contributed by atoms with Crippen molar-refractivity contribution in [2.45, 2.75) is 20.3 Å². The summed E-state index contributed by atoms with van der Waals surface area (Å²) in [5, 5.41) is 6.05. The van der Waals surface area contributed by atoms with Crippen LogP contribution in [-0.2, 0) is 6.42 Å². The summed E-state index contributed by atoms with van der Waals surface area (Å²) in [4.78, 5) is 21.5. The Bertz CT molecular complexity index is 1020. The Kier molecular flexibility index (Phi) is 6.29. The van der Waals surface area contributed by atoms with Gasteiger partial charge >= 0.3 is 0 Å². The Labute approximate surface area is 170 Å². The Balaban J connectivity index is 1.83. The number of nitrogens with zero attached hydrogens (tertiary/aromatic N) is 2. The first kappa shape index (κ1) is 20.1. The molecule has 0 aliphatic heterocycles. The summed E-state index contributed by atoms with van der Waals surface area (Å²) in [6, 6.07) is 14.8. The highest BCUT2D eigenvalue weighted by Crippen LogP contribution is 2.30. The van der Waals surface area contributed by atoms with Gasteiger partial charge in [0.25, 0.3) is 5.91 Å². The first-order valence-electron chi connectivity index (χ1n) is 9.28. The maximum Gasteiger partial charge on any atom is 0.274 e. The lowest BCUT2D eigenvalue weighted by Crippen LogP contribution is -2.16. The third kappa shape index (κ3) is 4.82. The van der Waals surface area contributed by atoms with Crippen molar-refractivity contribution < 1.29 is 14.3 Å². The number of rotatable bonds is 7. The molecule has 0 saturated carbocycles. The molecular weight excluding hydrogens is 368 g/mol. The highest BCUT2D eigenvalue weighted by molar-refractivity contribution is 6.03. The van der Waals surface area contributed by atoms with Gasteiger partial charge in [0.15, 0.2) is 11.5 Å². The number of nitrogens with one attached hydrogen (secondary N) is 2. The van der Waals surface area contributed by atoms with Crippen molar-refractivity contribution in [2.75, 3.05) is 24.9 Å². The third-order valence-electron chi connectivity index (χ3n) is 4.37. The van der Waals surface area contributed by atoms with Crippen LogP contribution in [0.2, 0.25) is 0 Å². The van der Waals surface area contributed by atoms with Crippen LogP contribution in [0.15, 0.2) is 48.5 Å². The monoisotopic (exact) mass is 392 g/mol. The largest absolute Gasteiger partial charge is 0.493 e. The van der Waals surface area contributed by atoms with E-state index in [2.05, 4.69) is 20.6 Å². The van der Waals surface area contributed by atoms with E-state index in [0.717, 1.165) is 23.4 Å². The van der Waals surface area contributed by atoms with Gasteiger partial charge in [0.05, 0.1) is 14.2 Å². The fourth-order valence-corrected chi connectivity index (χ4v) is 2.92. The molecule has 2 N–H and O–H groups in total. The van der Waals surface area contributed by atoms with Gasteiger partial charge in [-0.3, -0.25) is 4.79 Å². The van der Waals surface area contributed by atoms with Crippen molar-refractivity contribution in [3.05, 3.63) is 65.5 Å². The molecule has 0 fully saturated rings. The van der Waals surface area contributed by atoms with Crippen LogP contribution >= 0.6 is 0 Å². The van der Waals surface area contributed by atoms with Crippen LogP contribution in [0.1, 0.15) is 28.7 Å². The molecule has 0 aliphatic rings. The van der Waals surface area contributed by atoms with Crippen molar-refractivity contribution in [3.8, 4) is 11.5 Å². The quantitative estimate of drug-likeness (QED) is 0.621. The molecule has 0 saturated heterocycles. The molecule has 29 heavy (non-hydrogen) atoms. The van der Waals surface area contributed by atoms with Gasteiger partial charge in [-0.25, -0.2) is 9.97 Å². The highest BCUT2D eigenvalue weighted by atomic mass is 16.5. The van der Waals surface area contributed by atoms with E-state index in [-0.39, 0.29) is 11.6 Å². The summed E-state index contributed by atoms with van der Waals surface area (Å²) in [6.07, 6.45) is 0.825. The number of anilines is 3. The number of aryl methyl sites for hydroxylation is 2. The zero-order valence-corrected chi connectivity index (χ0v) is 16.9. The molecular formula is C22H24N4O3. The Morgan fingerprint density at radius 2 is 1.76 bits per heavy atom. The van der Waals surface area contributed by atoms with E-state index in [1.807, 2.05) is 44.2 Å². The predicted octanol–water partition coefficient (Wildman–Crippen LogP) is 4.36. The van der Waals surface area contributed by atoms with E-state index >= 15 is 0 Å². The Hall–Kier alpha value is -3.61. The number of carbonyl (C=O) groups excluding carboxylic acids is 1. The minimum absolute atomic E-state index is 0.284. The molecule has 1 amide bonds. The topological polar surface area (TPSA) is 85.4 Å². The van der Waals surface area contributed by atoms with Gasteiger partial charge in [0.1, 0.15) is 5.69 Å². The maximum absolute atomic E-state index is 12.8. The van der Waals surface area contributed by atoms with Gasteiger partial charge in [-0.05, 0) is 43.2 Å². The second-order valence-electron chi connectivity index (χ2n) is 6.38. The molecule has 1 heterocycles. The summed E-state index contributed by atoms with van der Waals surface area (Å²) in [5.41, 5.74) is 3.53. The lowest BCUT2D eigenvalue weighted by molar-refractivity contribution is 0.102. The molecule has 150 valence electrons. The number of ether oxygens (including phenoxy) is 2. The normalized spacial score (nSPS) is 10.3. The smallest absolute Gasteiger partial charge is 0.274 e. The van der Waals surface area contributed by atoms with E-state index in [0.29, 0.717) is 23.1 Å². The fourth-order valence-electron chi connectivity index (χ4n) is 2.92. The molecule has 7 nitrogen and oxygen atoms in total. The molecule has 3 aromatic rings. The third-order valence-corrected chi connectivity index (χ3v) is 4.37. The molecule has 0 unspecified atom stereocenters. The molecule has 0 spiro atoms. The van der Waals surface area contributed by atoms with Crippen LogP contribution in [0, 0.1) is 6.92 Å². The summed E-state index contributed by atoms with van der Waals surface area (Å²) in [6.45, 7) is 3.86. The molecule has 2 aromatic carbocycles. The number of hydrogen-bond donors (Lipinski definition) is 2. The Morgan fingerprint density at radius 1 is 1.00 bits per heavy atom. The van der Waals surface area contributed by atoms with Gasteiger partial charge in [0, 0.05) is 23.1 Å². The Morgan fingerprint density at radius 3 is 2.48 bits per heavy atom. The average molecular weight is 392 g/mol. The second-order valence-corrected chi connectivity index (χ2v) is 6.38. The maximum atomic E-state index is 12.8. The van der Waals surface area contributed by atoms with Gasteiger partial charge in [-0.2, -0.15) is 0 Å². The molecule has 0 radical (unpaired) electrons. The first-order valence-corrected chi connectivity index (χ1v) is 9.28. The van der Waals surface area contributed by atoms with E-state index in [1.54, 1.807) is 32.4 Å². The molecule has 0 aliphatic carbocycles. The number of aromatic nitrogens is 2. The summed E-state index contributed by atoms with van der Waals surface area (Å²) < 4.78 is 10.6. The lowest BCUT2D eigenvalue weighted by atomic mass is 10.1. The standard InChI is InChI=1S/C22H24N4O3/c1-5-15-8-6-7-9-17(15)25-21(27)18-12-14(2)23-22(26-18)24-16-10-11-19(28-3)20(13-16)29-4/h6-13H,5H2,1-4H3,(H,25,27)(H,23,24,26). The average Bonchev–Trinajstić information content (AvgIpc) is 2.73. The second kappa shape index (κ2) is 9.05. The van der Waals surface area contributed by atoms with Gasteiger partial charge < -0.3 is 20.1 Å². The van der Waals surface area contributed by atoms with E-state index in [4.69, 9.17) is 9.47 Å². The van der Waals surface area contributed by atoms with Crippen molar-refractivity contribution >= 4 is 23.2 Å². The van der Waals surface area contributed by atoms with Crippen LogP contribution in [0.25, 0.3) is 0 Å². The van der Waals surface area contributed by atoms with Gasteiger partial charge in [-0.15, -0.1) is 0 Å². The number of benzene rings is 2. The molecule has 0 bridgehead atoms. The number of methoxy groups -OCH3 is 2. The van der Waals surface area contributed by atoms with Crippen molar-refractivity contribution in [1.82, 2.24) is 9.97 Å². The number of para-hydroxylation sites is 1. The molecule has 7 heteroatoms. The molecule has 0 atom stereocenters. The van der Waals surface area contributed by atoms with Crippen LogP contribution in [0.4, 0.5) is 17.3 Å². The van der Waals surface area contributed by atoms with E-state index < -0.39 is 0 Å². The van der Waals surface area contributed by atoms with E-state index in [9.17, 15) is 4.79 Å². The summed E-state index contributed by atoms with van der Waals surface area (Å²) >= 11 is 0. The zero-order chi connectivity index (χ0) is 20.8. The SMILES string of the molecule is CCc1ccccc1NC(=O)c1cc(C)nc(Nc2ccc(OC)c(OC)c2)n1. The van der Waals surface area contributed by atoms with E-state index in [1.165, 1.54) is 0 Å². The number of hydrogen-bond acceptors (Lipinski definition) is 6. The zero-order valence-electron chi connectivity index (χ0n) is 16.9. The minimum Gasteiger partial charge on any atom is -0.493 e. The van der Waals surface area contributed by atoms with Crippen LogP contribution in [0.5, 0.6) is 11.5 Å². The number of amides is 1. The van der Waals surface area contributed by atoms with Gasteiger partial charge in [0.2, 0.25) is 5.95 Å². The van der Waals surface area contributed by atoms with Crippen LogP contribution < -0.4 is 20.1 Å². The molecule has 1 aromatic heterocycles. The lowest BCUT2D eigenvalue weighted by Gasteiger charge is -2.12. The highest BCUT2D eigenvalue weighted by Gasteiger charge is 2.13. The first-order chi connectivity index (χ1) is 14.0. The minimum atomic E-state index is -0.285.